The van der Waals surface area contributed by atoms with E-state index in [1.807, 2.05) is 0 Å². The molecule has 2 aliphatic rings. The van der Waals surface area contributed by atoms with Gasteiger partial charge in [0.25, 0.3) is 0 Å². The normalized spacial score (nSPS) is 34.2. The molecule has 110 valence electrons. The molecular weight excluding hydrogens is 238 g/mol. The fourth-order valence-electron chi connectivity index (χ4n) is 3.94. The molecule has 1 saturated heterocycles. The second kappa shape index (κ2) is 6.74. The van der Waals surface area contributed by atoms with E-state index in [4.69, 9.17) is 0 Å². The minimum atomic E-state index is -0.603. The van der Waals surface area contributed by atoms with Gasteiger partial charge in [0.05, 0.1) is 0 Å². The Morgan fingerprint density at radius 1 is 1.11 bits per heavy atom. The van der Waals surface area contributed by atoms with Gasteiger partial charge in [0.15, 0.2) is 0 Å². The molecule has 0 spiro atoms. The molecule has 1 saturated carbocycles. The first kappa shape index (κ1) is 14.8. The van der Waals surface area contributed by atoms with Crippen LogP contribution in [0.15, 0.2) is 0 Å². The highest BCUT2D eigenvalue weighted by molar-refractivity contribution is 5.73. The Labute approximate surface area is 117 Å². The number of carboxylic acid groups (broad SMARTS) is 1. The molecule has 19 heavy (non-hydrogen) atoms. The Hall–Kier alpha value is -0.570. The summed E-state index contributed by atoms with van der Waals surface area (Å²) >= 11 is 0. The van der Waals surface area contributed by atoms with Crippen LogP contribution in [0, 0.1) is 11.8 Å². The standard InChI is InChI=1S/C16H29NO2/c1-12(2)13-7-6-8-14(11-13)17-10-5-3-4-9-15(17)16(18)19/h12-15H,3-11H2,1-2H3,(H,18,19). The predicted octanol–water partition coefficient (Wildman–Crippen LogP) is 3.53. The Bertz CT molecular complexity index is 303. The van der Waals surface area contributed by atoms with Gasteiger partial charge in [-0.3, -0.25) is 9.69 Å². The van der Waals surface area contributed by atoms with Gasteiger partial charge >= 0.3 is 5.97 Å². The molecule has 2 rings (SSSR count). The predicted molar refractivity (Wildman–Crippen MR) is 77.2 cm³/mol. The third-order valence-corrected chi connectivity index (χ3v) is 5.18. The van der Waals surface area contributed by atoms with Crippen molar-refractivity contribution in [1.82, 2.24) is 4.90 Å². The minimum absolute atomic E-state index is 0.224. The first-order valence-corrected chi connectivity index (χ1v) is 8.08. The summed E-state index contributed by atoms with van der Waals surface area (Å²) in [5.74, 6) is 0.920. The van der Waals surface area contributed by atoms with Crippen molar-refractivity contribution in [2.75, 3.05) is 6.54 Å². The summed E-state index contributed by atoms with van der Waals surface area (Å²) in [4.78, 5) is 13.9. The third-order valence-electron chi connectivity index (χ3n) is 5.18. The van der Waals surface area contributed by atoms with Crippen LogP contribution in [-0.4, -0.2) is 34.6 Å². The molecule has 2 fully saturated rings. The van der Waals surface area contributed by atoms with Crippen molar-refractivity contribution in [3.05, 3.63) is 0 Å². The zero-order chi connectivity index (χ0) is 13.8. The van der Waals surface area contributed by atoms with Gasteiger partial charge in [0.1, 0.15) is 6.04 Å². The number of aliphatic carboxylic acids is 1. The quantitative estimate of drug-likeness (QED) is 0.850. The smallest absolute Gasteiger partial charge is 0.320 e. The first-order chi connectivity index (χ1) is 9.09. The van der Waals surface area contributed by atoms with E-state index in [1.165, 1.54) is 38.5 Å². The van der Waals surface area contributed by atoms with Crippen molar-refractivity contribution in [2.24, 2.45) is 11.8 Å². The molecule has 3 unspecified atom stereocenters. The van der Waals surface area contributed by atoms with Gasteiger partial charge < -0.3 is 5.11 Å². The van der Waals surface area contributed by atoms with E-state index in [9.17, 15) is 9.90 Å². The van der Waals surface area contributed by atoms with Crippen LogP contribution >= 0.6 is 0 Å². The molecule has 0 aromatic carbocycles. The van der Waals surface area contributed by atoms with Crippen LogP contribution in [0.1, 0.15) is 65.2 Å². The van der Waals surface area contributed by atoms with E-state index >= 15 is 0 Å². The summed E-state index contributed by atoms with van der Waals surface area (Å²) in [5, 5.41) is 9.50. The maximum atomic E-state index is 11.5. The topological polar surface area (TPSA) is 40.5 Å². The highest BCUT2D eigenvalue weighted by Gasteiger charge is 2.35. The number of carbonyl (C=O) groups is 1. The molecule has 0 amide bonds. The summed E-state index contributed by atoms with van der Waals surface area (Å²) in [6.45, 7) is 5.61. The average molecular weight is 267 g/mol. The molecule has 3 heteroatoms. The van der Waals surface area contributed by atoms with Gasteiger partial charge in [-0.15, -0.1) is 0 Å². The lowest BCUT2D eigenvalue weighted by Gasteiger charge is -2.40. The molecular formula is C16H29NO2. The van der Waals surface area contributed by atoms with Crippen molar-refractivity contribution >= 4 is 5.97 Å². The van der Waals surface area contributed by atoms with Gasteiger partial charge in [-0.25, -0.2) is 0 Å². The zero-order valence-corrected chi connectivity index (χ0v) is 12.5. The second-order valence-corrected chi connectivity index (χ2v) is 6.77. The summed E-state index contributed by atoms with van der Waals surface area (Å²) in [5.41, 5.74) is 0. The molecule has 0 bridgehead atoms. The highest BCUT2D eigenvalue weighted by Crippen LogP contribution is 2.34. The molecule has 0 radical (unpaired) electrons. The van der Waals surface area contributed by atoms with Crippen LogP contribution < -0.4 is 0 Å². The summed E-state index contributed by atoms with van der Waals surface area (Å²) in [6, 6.07) is 0.291. The van der Waals surface area contributed by atoms with Crippen molar-refractivity contribution < 1.29 is 9.90 Å². The average Bonchev–Trinajstić information content (AvgIpc) is 2.64. The summed E-state index contributed by atoms with van der Waals surface area (Å²) in [7, 11) is 0. The Morgan fingerprint density at radius 3 is 2.58 bits per heavy atom. The lowest BCUT2D eigenvalue weighted by molar-refractivity contribution is -0.145. The van der Waals surface area contributed by atoms with E-state index < -0.39 is 5.97 Å². The van der Waals surface area contributed by atoms with Crippen LogP contribution in [0.5, 0.6) is 0 Å². The Morgan fingerprint density at radius 2 is 1.89 bits per heavy atom. The SMILES string of the molecule is CC(C)C1CCCC(N2CCCCCC2C(=O)O)C1. The van der Waals surface area contributed by atoms with Crippen molar-refractivity contribution in [3.63, 3.8) is 0 Å². The van der Waals surface area contributed by atoms with Crippen LogP contribution in [0.3, 0.4) is 0 Å². The molecule has 1 aliphatic heterocycles. The fourth-order valence-corrected chi connectivity index (χ4v) is 3.94. The number of hydrogen-bond acceptors (Lipinski definition) is 2. The Balaban J connectivity index is 2.05. The van der Waals surface area contributed by atoms with Crippen LogP contribution in [-0.2, 0) is 4.79 Å². The van der Waals surface area contributed by atoms with Crippen LogP contribution in [0.25, 0.3) is 0 Å². The first-order valence-electron chi connectivity index (χ1n) is 8.08. The van der Waals surface area contributed by atoms with E-state index in [0.717, 1.165) is 31.2 Å². The van der Waals surface area contributed by atoms with E-state index in [0.29, 0.717) is 6.04 Å². The van der Waals surface area contributed by atoms with Crippen molar-refractivity contribution in [1.29, 1.82) is 0 Å². The van der Waals surface area contributed by atoms with Crippen LogP contribution in [0.2, 0.25) is 0 Å². The van der Waals surface area contributed by atoms with E-state index in [-0.39, 0.29) is 6.04 Å². The molecule has 0 aromatic heterocycles. The van der Waals surface area contributed by atoms with E-state index in [1.54, 1.807) is 0 Å². The van der Waals surface area contributed by atoms with E-state index in [2.05, 4.69) is 18.7 Å². The van der Waals surface area contributed by atoms with Crippen molar-refractivity contribution in [3.8, 4) is 0 Å². The summed E-state index contributed by atoms with van der Waals surface area (Å²) in [6.07, 6.45) is 9.31. The van der Waals surface area contributed by atoms with Gasteiger partial charge in [-0.05, 0) is 44.1 Å². The molecule has 1 N–H and O–H groups in total. The molecule has 1 heterocycles. The maximum absolute atomic E-state index is 11.5. The highest BCUT2D eigenvalue weighted by atomic mass is 16.4. The monoisotopic (exact) mass is 267 g/mol. The molecule has 0 aromatic rings. The summed E-state index contributed by atoms with van der Waals surface area (Å²) < 4.78 is 0. The largest absolute Gasteiger partial charge is 0.480 e. The molecule has 3 nitrogen and oxygen atoms in total. The number of rotatable bonds is 3. The van der Waals surface area contributed by atoms with Gasteiger partial charge in [-0.1, -0.05) is 39.5 Å². The number of carboxylic acids is 1. The number of likely N-dealkylation sites (tertiary alicyclic amines) is 1. The zero-order valence-electron chi connectivity index (χ0n) is 12.5. The Kier molecular flexibility index (Phi) is 5.26. The molecule has 3 atom stereocenters. The number of nitrogens with zero attached hydrogens (tertiary/aromatic N) is 1. The third kappa shape index (κ3) is 3.71. The number of hydrogen-bond donors (Lipinski definition) is 1. The van der Waals surface area contributed by atoms with Crippen LogP contribution in [0.4, 0.5) is 0 Å². The minimum Gasteiger partial charge on any atom is -0.480 e. The van der Waals surface area contributed by atoms with Crippen molar-refractivity contribution in [2.45, 2.75) is 77.3 Å². The maximum Gasteiger partial charge on any atom is 0.320 e. The van der Waals surface area contributed by atoms with Gasteiger partial charge in [-0.2, -0.15) is 0 Å². The van der Waals surface area contributed by atoms with Gasteiger partial charge in [0.2, 0.25) is 0 Å². The fraction of sp³-hybridized carbons (Fsp3) is 0.938. The van der Waals surface area contributed by atoms with Gasteiger partial charge in [0, 0.05) is 6.04 Å². The molecule has 1 aliphatic carbocycles. The lowest BCUT2D eigenvalue weighted by Crippen LogP contribution is -2.49. The second-order valence-electron chi connectivity index (χ2n) is 6.77. The lowest BCUT2D eigenvalue weighted by atomic mass is 9.78.